The molecular formula is C20H26N4O4. The molecule has 3 heterocycles. The minimum absolute atomic E-state index is 0.155. The van der Waals surface area contributed by atoms with E-state index in [4.69, 9.17) is 14.6 Å². The number of piperazine rings is 1. The van der Waals surface area contributed by atoms with Gasteiger partial charge in [-0.2, -0.15) is 0 Å². The summed E-state index contributed by atoms with van der Waals surface area (Å²) in [7, 11) is 0. The van der Waals surface area contributed by atoms with E-state index in [0.717, 1.165) is 32.1 Å². The fourth-order valence-corrected chi connectivity index (χ4v) is 3.85. The molecule has 150 valence electrons. The predicted molar refractivity (Wildman–Crippen MR) is 103 cm³/mol. The molecular weight excluding hydrogens is 360 g/mol. The van der Waals surface area contributed by atoms with Crippen LogP contribution >= 0.6 is 0 Å². The van der Waals surface area contributed by atoms with E-state index in [2.05, 4.69) is 34.1 Å². The molecule has 1 aromatic heterocycles. The van der Waals surface area contributed by atoms with Crippen molar-refractivity contribution in [1.82, 2.24) is 19.4 Å². The summed E-state index contributed by atoms with van der Waals surface area (Å²) in [5.41, 5.74) is 1.29. The lowest BCUT2D eigenvalue weighted by atomic mass is 10.00. The first-order valence-corrected chi connectivity index (χ1v) is 9.35. The largest absolute Gasteiger partial charge is 0.483 e. The van der Waals surface area contributed by atoms with Crippen molar-refractivity contribution in [2.45, 2.75) is 25.6 Å². The molecule has 2 aliphatic heterocycles. The smallest absolute Gasteiger partial charge is 0.290 e. The van der Waals surface area contributed by atoms with E-state index in [1.165, 1.54) is 5.56 Å². The number of aryl methyl sites for hydroxylation is 1. The van der Waals surface area contributed by atoms with Gasteiger partial charge in [-0.25, -0.2) is 4.98 Å². The van der Waals surface area contributed by atoms with Gasteiger partial charge in [0.25, 0.3) is 6.47 Å². The van der Waals surface area contributed by atoms with Crippen molar-refractivity contribution in [3.8, 4) is 0 Å². The van der Waals surface area contributed by atoms with Crippen molar-refractivity contribution < 1.29 is 19.4 Å². The highest BCUT2D eigenvalue weighted by Crippen LogP contribution is 2.29. The molecule has 28 heavy (non-hydrogen) atoms. The Morgan fingerprint density at radius 2 is 2.04 bits per heavy atom. The zero-order valence-corrected chi connectivity index (χ0v) is 16.0. The van der Waals surface area contributed by atoms with Gasteiger partial charge in [-0.15, -0.1) is 0 Å². The lowest BCUT2D eigenvalue weighted by Gasteiger charge is -2.48. The molecule has 0 radical (unpaired) electrons. The first-order chi connectivity index (χ1) is 13.6. The molecule has 2 fully saturated rings. The number of hydrogen-bond donors (Lipinski definition) is 1. The number of carbonyl (C=O) groups excluding carboxylic acids is 1. The number of rotatable bonds is 3. The Morgan fingerprint density at radius 3 is 2.71 bits per heavy atom. The third-order valence-electron chi connectivity index (χ3n) is 5.28. The second kappa shape index (κ2) is 9.48. The topological polar surface area (TPSA) is 87.9 Å². The number of morpholine rings is 1. The van der Waals surface area contributed by atoms with E-state index in [1.807, 2.05) is 28.7 Å². The molecule has 2 aliphatic rings. The number of amides is 1. The van der Waals surface area contributed by atoms with Crippen molar-refractivity contribution in [2.24, 2.45) is 0 Å². The van der Waals surface area contributed by atoms with Gasteiger partial charge in [0.05, 0.1) is 25.3 Å². The van der Waals surface area contributed by atoms with Crippen LogP contribution in [0.25, 0.3) is 0 Å². The molecule has 2 saturated heterocycles. The Hall–Kier alpha value is -2.71. The van der Waals surface area contributed by atoms with Crippen LogP contribution in [0.5, 0.6) is 0 Å². The van der Waals surface area contributed by atoms with Gasteiger partial charge in [0.2, 0.25) is 5.91 Å². The number of fused-ring (bicyclic) bond motifs is 1. The normalized spacial score (nSPS) is 22.0. The first kappa shape index (κ1) is 20.0. The summed E-state index contributed by atoms with van der Waals surface area (Å²) in [5.74, 6) is 1.03. The van der Waals surface area contributed by atoms with Crippen molar-refractivity contribution in [1.29, 1.82) is 0 Å². The van der Waals surface area contributed by atoms with E-state index in [-0.39, 0.29) is 24.5 Å². The highest BCUT2D eigenvalue weighted by molar-refractivity contribution is 5.76. The summed E-state index contributed by atoms with van der Waals surface area (Å²) in [6.45, 7) is 5.84. The number of imidazole rings is 1. The Morgan fingerprint density at radius 1 is 1.29 bits per heavy atom. The Labute approximate surface area is 164 Å². The van der Waals surface area contributed by atoms with Gasteiger partial charge in [0.1, 0.15) is 12.4 Å². The zero-order valence-electron chi connectivity index (χ0n) is 16.0. The summed E-state index contributed by atoms with van der Waals surface area (Å²) in [4.78, 5) is 29.7. The van der Waals surface area contributed by atoms with Gasteiger partial charge in [0.15, 0.2) is 0 Å². The van der Waals surface area contributed by atoms with Crippen LogP contribution in [0, 0.1) is 6.92 Å². The van der Waals surface area contributed by atoms with E-state index in [0.29, 0.717) is 13.2 Å². The number of carboxylic acid groups (broad SMARTS) is 1. The highest BCUT2D eigenvalue weighted by atomic mass is 16.5. The number of hydrogen-bond acceptors (Lipinski definition) is 5. The second-order valence-electron chi connectivity index (χ2n) is 6.90. The van der Waals surface area contributed by atoms with Crippen LogP contribution < -0.4 is 0 Å². The zero-order chi connectivity index (χ0) is 19.9. The molecule has 0 unspecified atom stereocenters. The third-order valence-corrected chi connectivity index (χ3v) is 5.28. The SMILES string of the molecule is Cc1nccn1CC(=O)N1CCN2[C@@H](COC[C@@H]2c2ccccc2)C1.O=CO. The minimum atomic E-state index is -0.250. The summed E-state index contributed by atoms with van der Waals surface area (Å²) in [5, 5.41) is 6.89. The molecule has 4 rings (SSSR count). The maximum absolute atomic E-state index is 12.7. The molecule has 0 bridgehead atoms. The number of nitrogens with zero attached hydrogens (tertiary/aromatic N) is 4. The minimum Gasteiger partial charge on any atom is -0.483 e. The average Bonchev–Trinajstić information content (AvgIpc) is 3.13. The van der Waals surface area contributed by atoms with Crippen LogP contribution in [0.2, 0.25) is 0 Å². The molecule has 8 heteroatoms. The van der Waals surface area contributed by atoms with Crippen molar-refractivity contribution in [3.63, 3.8) is 0 Å². The molecule has 0 saturated carbocycles. The lowest BCUT2D eigenvalue weighted by molar-refractivity contribution is -0.140. The van der Waals surface area contributed by atoms with E-state index < -0.39 is 0 Å². The van der Waals surface area contributed by atoms with Crippen molar-refractivity contribution in [2.75, 3.05) is 32.8 Å². The van der Waals surface area contributed by atoms with Crippen LogP contribution in [0.4, 0.5) is 0 Å². The summed E-state index contributed by atoms with van der Waals surface area (Å²) in [6, 6.07) is 11.1. The van der Waals surface area contributed by atoms with Crippen LogP contribution in [0.1, 0.15) is 17.4 Å². The lowest BCUT2D eigenvalue weighted by Crippen LogP contribution is -2.60. The van der Waals surface area contributed by atoms with E-state index in [1.54, 1.807) is 6.20 Å². The molecule has 1 N–H and O–H groups in total. The van der Waals surface area contributed by atoms with Crippen LogP contribution in [0.15, 0.2) is 42.7 Å². The predicted octanol–water partition coefficient (Wildman–Crippen LogP) is 1.18. The maximum atomic E-state index is 12.7. The summed E-state index contributed by atoms with van der Waals surface area (Å²) in [6.07, 6.45) is 3.60. The maximum Gasteiger partial charge on any atom is 0.290 e. The van der Waals surface area contributed by atoms with Gasteiger partial charge in [0, 0.05) is 32.0 Å². The van der Waals surface area contributed by atoms with Gasteiger partial charge >= 0.3 is 0 Å². The fourth-order valence-electron chi connectivity index (χ4n) is 3.85. The Kier molecular flexibility index (Phi) is 6.78. The molecule has 2 atom stereocenters. The van der Waals surface area contributed by atoms with Gasteiger partial charge in [-0.1, -0.05) is 30.3 Å². The Balaban J connectivity index is 0.000000706. The van der Waals surface area contributed by atoms with Gasteiger partial charge < -0.3 is 19.3 Å². The molecule has 2 aromatic rings. The number of aromatic nitrogens is 2. The van der Waals surface area contributed by atoms with Crippen LogP contribution in [0.3, 0.4) is 0 Å². The van der Waals surface area contributed by atoms with Crippen molar-refractivity contribution in [3.05, 3.63) is 54.1 Å². The summed E-state index contributed by atoms with van der Waals surface area (Å²) < 4.78 is 7.77. The molecule has 0 spiro atoms. The molecule has 8 nitrogen and oxygen atoms in total. The standard InChI is InChI=1S/C19H24N4O2.CH2O2/c1-15-20-7-8-21(15)12-19(24)22-9-10-23-17(11-22)13-25-14-18(23)16-5-3-2-4-6-16;2-1-3/h2-8,17-18H,9-14H2,1H3;1H,(H,2,3)/t17-,18-;/m1./s1. The number of benzene rings is 1. The molecule has 1 aromatic carbocycles. The van der Waals surface area contributed by atoms with Gasteiger partial charge in [-0.05, 0) is 12.5 Å². The van der Waals surface area contributed by atoms with E-state index >= 15 is 0 Å². The average molecular weight is 386 g/mol. The second-order valence-corrected chi connectivity index (χ2v) is 6.90. The first-order valence-electron chi connectivity index (χ1n) is 9.35. The monoisotopic (exact) mass is 386 g/mol. The Bertz CT molecular complexity index is 780. The van der Waals surface area contributed by atoms with Crippen molar-refractivity contribution >= 4 is 12.4 Å². The molecule has 1 amide bonds. The van der Waals surface area contributed by atoms with Crippen LogP contribution in [-0.2, 0) is 20.9 Å². The quantitative estimate of drug-likeness (QED) is 0.797. The van der Waals surface area contributed by atoms with Crippen LogP contribution in [-0.4, -0.2) is 75.7 Å². The number of ether oxygens (including phenoxy) is 1. The number of carbonyl (C=O) groups is 2. The highest BCUT2D eigenvalue weighted by Gasteiger charge is 2.37. The fraction of sp³-hybridized carbons (Fsp3) is 0.450. The van der Waals surface area contributed by atoms with Gasteiger partial charge in [-0.3, -0.25) is 14.5 Å². The summed E-state index contributed by atoms with van der Waals surface area (Å²) >= 11 is 0. The third kappa shape index (κ3) is 4.58. The van der Waals surface area contributed by atoms with E-state index in [9.17, 15) is 4.79 Å². The molecule has 0 aliphatic carbocycles.